The number of rotatable bonds is 2. The summed E-state index contributed by atoms with van der Waals surface area (Å²) >= 11 is 3.67. The third-order valence-corrected chi connectivity index (χ3v) is 5.23. The monoisotopic (exact) mass is 399 g/mol. The van der Waals surface area contributed by atoms with E-state index in [1.54, 1.807) is 6.20 Å². The molecule has 0 saturated carbocycles. The number of pyridine rings is 1. The molecule has 0 N–H and O–H groups in total. The van der Waals surface area contributed by atoms with E-state index in [-0.39, 0.29) is 0 Å². The van der Waals surface area contributed by atoms with E-state index in [1.807, 2.05) is 30.5 Å². The molecule has 26 heavy (non-hydrogen) atoms. The first kappa shape index (κ1) is 15.4. The lowest BCUT2D eigenvalue weighted by atomic mass is 10.00. The molecule has 0 amide bonds. The molecule has 2 heterocycles. The quantitative estimate of drug-likeness (QED) is 0.317. The van der Waals surface area contributed by atoms with E-state index < -0.39 is 0 Å². The summed E-state index contributed by atoms with van der Waals surface area (Å²) in [4.78, 5) is 4.19. The van der Waals surface area contributed by atoms with Gasteiger partial charge in [0.05, 0.1) is 4.47 Å². The Morgan fingerprint density at radius 2 is 1.46 bits per heavy atom. The minimum Gasteiger partial charge on any atom is -0.455 e. The SMILES string of the molecule is Brc1cc(-c2ccc(-c3cccnc3)cc2)cc2c1oc1ccccc12. The highest BCUT2D eigenvalue weighted by molar-refractivity contribution is 9.10. The van der Waals surface area contributed by atoms with Crippen molar-refractivity contribution in [2.45, 2.75) is 0 Å². The van der Waals surface area contributed by atoms with Crippen LogP contribution in [0.3, 0.4) is 0 Å². The van der Waals surface area contributed by atoms with Crippen LogP contribution in [-0.2, 0) is 0 Å². The fraction of sp³-hybridized carbons (Fsp3) is 0. The third-order valence-electron chi connectivity index (χ3n) is 4.65. The summed E-state index contributed by atoms with van der Waals surface area (Å²) in [6.07, 6.45) is 3.68. The van der Waals surface area contributed by atoms with Crippen LogP contribution in [-0.4, -0.2) is 4.98 Å². The van der Waals surface area contributed by atoms with E-state index in [2.05, 4.69) is 69.4 Å². The van der Waals surface area contributed by atoms with Gasteiger partial charge in [-0.15, -0.1) is 0 Å². The number of nitrogens with zero attached hydrogens (tertiary/aromatic N) is 1. The Morgan fingerprint density at radius 1 is 0.692 bits per heavy atom. The molecular weight excluding hydrogens is 386 g/mol. The van der Waals surface area contributed by atoms with Gasteiger partial charge in [-0.05, 0) is 62.4 Å². The van der Waals surface area contributed by atoms with E-state index in [1.165, 1.54) is 5.56 Å². The van der Waals surface area contributed by atoms with Gasteiger partial charge in [0.25, 0.3) is 0 Å². The van der Waals surface area contributed by atoms with Gasteiger partial charge in [-0.3, -0.25) is 4.98 Å². The first-order chi connectivity index (χ1) is 12.8. The zero-order valence-electron chi connectivity index (χ0n) is 13.8. The zero-order chi connectivity index (χ0) is 17.5. The van der Waals surface area contributed by atoms with Crippen LogP contribution >= 0.6 is 15.9 Å². The highest BCUT2D eigenvalue weighted by Crippen LogP contribution is 2.37. The van der Waals surface area contributed by atoms with E-state index >= 15 is 0 Å². The van der Waals surface area contributed by atoms with Gasteiger partial charge < -0.3 is 4.42 Å². The first-order valence-electron chi connectivity index (χ1n) is 8.41. The van der Waals surface area contributed by atoms with E-state index in [0.717, 1.165) is 43.1 Å². The van der Waals surface area contributed by atoms with Crippen molar-refractivity contribution in [3.8, 4) is 22.3 Å². The molecule has 0 unspecified atom stereocenters. The predicted molar refractivity (Wildman–Crippen MR) is 110 cm³/mol. The highest BCUT2D eigenvalue weighted by Gasteiger charge is 2.12. The van der Waals surface area contributed by atoms with Crippen LogP contribution in [0.4, 0.5) is 0 Å². The van der Waals surface area contributed by atoms with E-state index in [9.17, 15) is 0 Å². The average molecular weight is 400 g/mol. The standard InChI is InChI=1S/C23H14BrNO/c24-21-13-18(12-20-19-5-1-2-6-22(19)26-23(20)21)16-9-7-15(8-10-16)17-4-3-11-25-14-17/h1-14H. The van der Waals surface area contributed by atoms with Crippen LogP contribution in [0.5, 0.6) is 0 Å². The van der Waals surface area contributed by atoms with Crippen molar-refractivity contribution in [1.29, 1.82) is 0 Å². The number of para-hydroxylation sites is 1. The lowest BCUT2D eigenvalue weighted by molar-refractivity contribution is 0.667. The number of halogens is 1. The number of aromatic nitrogens is 1. The van der Waals surface area contributed by atoms with Crippen LogP contribution in [0.1, 0.15) is 0 Å². The first-order valence-corrected chi connectivity index (χ1v) is 9.20. The summed E-state index contributed by atoms with van der Waals surface area (Å²) in [5.41, 5.74) is 6.42. The van der Waals surface area contributed by atoms with Crippen LogP contribution in [0.2, 0.25) is 0 Å². The average Bonchev–Trinajstić information content (AvgIpc) is 3.08. The zero-order valence-corrected chi connectivity index (χ0v) is 15.4. The Kier molecular flexibility index (Phi) is 3.61. The lowest BCUT2D eigenvalue weighted by Crippen LogP contribution is -1.82. The van der Waals surface area contributed by atoms with Gasteiger partial charge >= 0.3 is 0 Å². The summed E-state index contributed by atoms with van der Waals surface area (Å²) in [6.45, 7) is 0. The lowest BCUT2D eigenvalue weighted by Gasteiger charge is -2.06. The summed E-state index contributed by atoms with van der Waals surface area (Å²) in [7, 11) is 0. The van der Waals surface area contributed by atoms with Crippen LogP contribution in [0, 0.1) is 0 Å². The number of benzene rings is 3. The summed E-state index contributed by atoms with van der Waals surface area (Å²) in [6, 6.07) is 25.1. The molecule has 2 nitrogen and oxygen atoms in total. The van der Waals surface area contributed by atoms with Crippen molar-refractivity contribution in [3.63, 3.8) is 0 Å². The third kappa shape index (κ3) is 2.52. The molecule has 0 atom stereocenters. The normalized spacial score (nSPS) is 11.3. The molecule has 2 aromatic heterocycles. The maximum absolute atomic E-state index is 6.00. The van der Waals surface area contributed by atoms with Crippen LogP contribution in [0.15, 0.2) is 94.1 Å². The molecule has 0 aliphatic carbocycles. The molecule has 3 aromatic carbocycles. The molecule has 5 rings (SSSR count). The largest absolute Gasteiger partial charge is 0.455 e. The second-order valence-electron chi connectivity index (χ2n) is 6.25. The smallest absolute Gasteiger partial charge is 0.149 e. The van der Waals surface area contributed by atoms with Gasteiger partial charge in [-0.25, -0.2) is 0 Å². The second kappa shape index (κ2) is 6.11. The number of hydrogen-bond acceptors (Lipinski definition) is 2. The minimum absolute atomic E-state index is 0.891. The van der Waals surface area contributed by atoms with Crippen LogP contribution < -0.4 is 0 Å². The Morgan fingerprint density at radius 3 is 2.23 bits per heavy atom. The van der Waals surface area contributed by atoms with E-state index in [4.69, 9.17) is 4.42 Å². The van der Waals surface area contributed by atoms with Crippen LogP contribution in [0.25, 0.3) is 44.2 Å². The molecule has 5 aromatic rings. The summed E-state index contributed by atoms with van der Waals surface area (Å²) in [5, 5.41) is 2.26. The molecule has 0 spiro atoms. The predicted octanol–water partition coefficient (Wildman–Crippen LogP) is 7.08. The summed E-state index contributed by atoms with van der Waals surface area (Å²) < 4.78 is 6.97. The van der Waals surface area contributed by atoms with E-state index in [0.29, 0.717) is 0 Å². The van der Waals surface area contributed by atoms with Gasteiger partial charge in [0.2, 0.25) is 0 Å². The maximum atomic E-state index is 6.00. The van der Waals surface area contributed by atoms with Crippen molar-refractivity contribution in [2.24, 2.45) is 0 Å². The van der Waals surface area contributed by atoms with Crippen molar-refractivity contribution < 1.29 is 4.42 Å². The molecule has 0 saturated heterocycles. The van der Waals surface area contributed by atoms with Crippen molar-refractivity contribution in [2.75, 3.05) is 0 Å². The van der Waals surface area contributed by atoms with Gasteiger partial charge in [0.1, 0.15) is 11.2 Å². The van der Waals surface area contributed by atoms with Gasteiger partial charge in [0.15, 0.2) is 0 Å². The van der Waals surface area contributed by atoms with Gasteiger partial charge in [-0.2, -0.15) is 0 Å². The molecule has 0 aliphatic heterocycles. The minimum atomic E-state index is 0.891. The van der Waals surface area contributed by atoms with Gasteiger partial charge in [0, 0.05) is 23.2 Å². The molecular formula is C23H14BrNO. The Balaban J connectivity index is 1.63. The second-order valence-corrected chi connectivity index (χ2v) is 7.11. The molecule has 0 fully saturated rings. The Bertz CT molecular complexity index is 1220. The maximum Gasteiger partial charge on any atom is 0.149 e. The Labute approximate surface area is 159 Å². The number of furan rings is 1. The molecule has 0 bridgehead atoms. The molecule has 0 radical (unpaired) electrons. The van der Waals surface area contributed by atoms with Crippen molar-refractivity contribution >= 4 is 37.9 Å². The number of fused-ring (bicyclic) bond motifs is 3. The highest BCUT2D eigenvalue weighted by atomic mass is 79.9. The fourth-order valence-corrected chi connectivity index (χ4v) is 3.88. The number of hydrogen-bond donors (Lipinski definition) is 0. The topological polar surface area (TPSA) is 26.0 Å². The Hall–Kier alpha value is -2.91. The van der Waals surface area contributed by atoms with Gasteiger partial charge in [-0.1, -0.05) is 48.5 Å². The molecule has 124 valence electrons. The molecule has 0 aliphatic rings. The molecule has 3 heteroatoms. The van der Waals surface area contributed by atoms with Crippen molar-refractivity contribution in [3.05, 3.63) is 89.7 Å². The van der Waals surface area contributed by atoms with Crippen molar-refractivity contribution in [1.82, 2.24) is 4.98 Å². The fourth-order valence-electron chi connectivity index (χ4n) is 3.34. The summed E-state index contributed by atoms with van der Waals surface area (Å²) in [5.74, 6) is 0.